The zero-order valence-electron chi connectivity index (χ0n) is 11.1. The van der Waals surface area contributed by atoms with Gasteiger partial charge in [0.25, 0.3) is 0 Å². The van der Waals surface area contributed by atoms with Gasteiger partial charge in [-0.15, -0.1) is 0 Å². The summed E-state index contributed by atoms with van der Waals surface area (Å²) in [6.45, 7) is 3.57. The van der Waals surface area contributed by atoms with E-state index in [0.717, 1.165) is 21.7 Å². The zero-order valence-corrected chi connectivity index (χ0v) is 13.5. The predicted octanol–water partition coefficient (Wildman–Crippen LogP) is 3.68. The van der Waals surface area contributed by atoms with E-state index in [1.165, 1.54) is 0 Å². The van der Waals surface area contributed by atoms with Gasteiger partial charge in [-0.2, -0.15) is 0 Å². The van der Waals surface area contributed by atoms with E-state index in [9.17, 15) is 9.35 Å². The Morgan fingerprint density at radius 1 is 1.50 bits per heavy atom. The van der Waals surface area contributed by atoms with Crippen LogP contribution in [0.1, 0.15) is 30.0 Å². The third-order valence-corrected chi connectivity index (χ3v) is 5.21. The maximum Gasteiger partial charge on any atom is 0.200 e. The van der Waals surface area contributed by atoms with Crippen molar-refractivity contribution in [2.75, 3.05) is 0 Å². The van der Waals surface area contributed by atoms with Crippen molar-refractivity contribution in [1.82, 2.24) is 0 Å². The molecule has 0 aliphatic carbocycles. The Kier molecular flexibility index (Phi) is 4.36. The summed E-state index contributed by atoms with van der Waals surface area (Å²) in [5.41, 5.74) is 2.01. The summed E-state index contributed by atoms with van der Waals surface area (Å²) in [7, 11) is 0. The summed E-state index contributed by atoms with van der Waals surface area (Å²) in [6, 6.07) is 5.49. The first-order valence-corrected chi connectivity index (χ1v) is 7.97. The molecule has 0 aliphatic heterocycles. The van der Waals surface area contributed by atoms with Gasteiger partial charge in [0.05, 0.1) is 16.5 Å². The zero-order chi connectivity index (χ0) is 14.9. The lowest BCUT2D eigenvalue weighted by molar-refractivity contribution is 0.112. The number of fused-ring (bicyclic) bond motifs is 1. The summed E-state index contributed by atoms with van der Waals surface area (Å²) in [4.78, 5) is 11.3. The van der Waals surface area contributed by atoms with Crippen LogP contribution >= 0.6 is 15.9 Å². The third kappa shape index (κ3) is 2.68. The quantitative estimate of drug-likeness (QED) is 0.384. The molecule has 1 aromatic heterocycles. The van der Waals surface area contributed by atoms with Gasteiger partial charge >= 0.3 is 0 Å². The Morgan fingerprint density at radius 3 is 2.80 bits per heavy atom. The van der Waals surface area contributed by atoms with Crippen LogP contribution < -0.4 is 0 Å². The minimum Gasteiger partial charge on any atom is -0.610 e. The molecular formula is C14H14BrNO3S. The number of nitrogens with one attached hydrogen (secondary N) is 1. The molecule has 1 N–H and O–H groups in total. The van der Waals surface area contributed by atoms with Crippen LogP contribution in [-0.4, -0.2) is 21.1 Å². The predicted molar refractivity (Wildman–Crippen MR) is 84.0 cm³/mol. The van der Waals surface area contributed by atoms with Crippen LogP contribution in [0.3, 0.4) is 0 Å². The third-order valence-electron chi connectivity index (χ3n) is 3.14. The molecule has 0 saturated carbocycles. The molecule has 1 heterocycles. The molecule has 1 atom stereocenters. The Labute approximate surface area is 128 Å². The standard InChI is InChI=1S/C14H14BrNO3S/c1-14(2,20(18)8-16)6-12-10(7-17)9-4-3-5-11(15)13(9)19-12/h3-5,7-8,16H,6H2,1-2H3. The molecule has 20 heavy (non-hydrogen) atoms. The maximum absolute atomic E-state index is 11.8. The number of hydrogen-bond donors (Lipinski definition) is 1. The SMILES string of the molecule is CC(C)(Cc1oc2c(Br)cccc2c1C=O)[S+]([O-])C=N. The molecular weight excluding hydrogens is 342 g/mol. The Hall–Kier alpha value is -1.11. The number of hydrogen-bond acceptors (Lipinski definition) is 4. The molecule has 0 fully saturated rings. The van der Waals surface area contributed by atoms with Crippen molar-refractivity contribution in [3.05, 3.63) is 34.0 Å². The molecule has 0 spiro atoms. The number of benzene rings is 1. The first-order chi connectivity index (χ1) is 9.40. The lowest BCUT2D eigenvalue weighted by Gasteiger charge is -2.24. The van der Waals surface area contributed by atoms with E-state index < -0.39 is 15.9 Å². The molecule has 6 heteroatoms. The van der Waals surface area contributed by atoms with Gasteiger partial charge in [-0.3, -0.25) is 10.2 Å². The Bertz CT molecular complexity index is 666. The minimum absolute atomic E-state index is 0.324. The lowest BCUT2D eigenvalue weighted by atomic mass is 10.0. The van der Waals surface area contributed by atoms with Gasteiger partial charge in [-0.25, -0.2) is 0 Å². The van der Waals surface area contributed by atoms with Crippen LogP contribution in [0.15, 0.2) is 27.1 Å². The average molecular weight is 356 g/mol. The van der Waals surface area contributed by atoms with Gasteiger partial charge in [0.2, 0.25) is 5.55 Å². The number of halogens is 1. The molecule has 0 saturated heterocycles. The first kappa shape index (κ1) is 15.3. The summed E-state index contributed by atoms with van der Waals surface area (Å²) >= 11 is 1.97. The van der Waals surface area contributed by atoms with Gasteiger partial charge in [-0.05, 0) is 35.8 Å². The fourth-order valence-corrected chi connectivity index (χ4v) is 3.07. The molecule has 1 aromatic carbocycles. The van der Waals surface area contributed by atoms with E-state index in [1.54, 1.807) is 13.8 Å². The monoisotopic (exact) mass is 355 g/mol. The average Bonchev–Trinajstić information content (AvgIpc) is 2.75. The number of aldehydes is 1. The summed E-state index contributed by atoms with van der Waals surface area (Å²) in [5, 5.41) is 7.87. The van der Waals surface area contributed by atoms with Crippen molar-refractivity contribution in [3.8, 4) is 0 Å². The highest BCUT2D eigenvalue weighted by Gasteiger charge is 2.34. The number of carbonyl (C=O) groups excluding carboxylic acids is 1. The van der Waals surface area contributed by atoms with Crippen LogP contribution in [0.4, 0.5) is 0 Å². The van der Waals surface area contributed by atoms with E-state index in [0.29, 0.717) is 23.3 Å². The molecule has 4 nitrogen and oxygen atoms in total. The van der Waals surface area contributed by atoms with Crippen molar-refractivity contribution in [3.63, 3.8) is 0 Å². The van der Waals surface area contributed by atoms with E-state index in [4.69, 9.17) is 9.83 Å². The van der Waals surface area contributed by atoms with Crippen molar-refractivity contribution in [1.29, 1.82) is 5.41 Å². The van der Waals surface area contributed by atoms with Gasteiger partial charge in [0.15, 0.2) is 6.29 Å². The van der Waals surface area contributed by atoms with Crippen LogP contribution in [0, 0.1) is 5.41 Å². The second-order valence-electron chi connectivity index (χ2n) is 5.03. The fourth-order valence-electron chi connectivity index (χ4n) is 2.03. The lowest BCUT2D eigenvalue weighted by Crippen LogP contribution is -2.34. The van der Waals surface area contributed by atoms with Crippen LogP contribution in [-0.2, 0) is 17.6 Å². The smallest absolute Gasteiger partial charge is 0.200 e. The van der Waals surface area contributed by atoms with Gasteiger partial charge in [0, 0.05) is 16.6 Å². The van der Waals surface area contributed by atoms with Crippen LogP contribution in [0.25, 0.3) is 11.0 Å². The second-order valence-corrected chi connectivity index (χ2v) is 7.82. The summed E-state index contributed by atoms with van der Waals surface area (Å²) < 4.78 is 17.7. The molecule has 2 aromatic rings. The minimum atomic E-state index is -1.42. The van der Waals surface area contributed by atoms with Crippen molar-refractivity contribution in [2.24, 2.45) is 0 Å². The number of para-hydroxylation sites is 1. The Balaban J connectivity index is 2.52. The maximum atomic E-state index is 11.8. The first-order valence-electron chi connectivity index (χ1n) is 5.97. The van der Waals surface area contributed by atoms with E-state index in [-0.39, 0.29) is 0 Å². The molecule has 0 bridgehead atoms. The Morgan fingerprint density at radius 2 is 2.20 bits per heavy atom. The van der Waals surface area contributed by atoms with Gasteiger partial charge in [0.1, 0.15) is 16.1 Å². The summed E-state index contributed by atoms with van der Waals surface area (Å²) in [6.07, 6.45) is 1.08. The van der Waals surface area contributed by atoms with E-state index in [1.807, 2.05) is 18.2 Å². The van der Waals surface area contributed by atoms with Crippen LogP contribution in [0.5, 0.6) is 0 Å². The molecule has 0 amide bonds. The molecule has 1 unspecified atom stereocenters. The largest absolute Gasteiger partial charge is 0.610 e. The van der Waals surface area contributed by atoms with Crippen molar-refractivity contribution >= 4 is 49.9 Å². The normalized spacial score (nSPS) is 13.4. The highest BCUT2D eigenvalue weighted by atomic mass is 79.9. The topological polar surface area (TPSA) is 77.1 Å². The van der Waals surface area contributed by atoms with Crippen LogP contribution in [0.2, 0.25) is 0 Å². The highest BCUT2D eigenvalue weighted by molar-refractivity contribution is 9.10. The van der Waals surface area contributed by atoms with Crippen molar-refractivity contribution < 1.29 is 13.8 Å². The molecule has 0 aliphatic rings. The highest BCUT2D eigenvalue weighted by Crippen LogP contribution is 2.33. The molecule has 0 radical (unpaired) electrons. The summed E-state index contributed by atoms with van der Waals surface area (Å²) in [5.74, 6) is 0.502. The van der Waals surface area contributed by atoms with Gasteiger partial charge in [-0.1, -0.05) is 12.1 Å². The molecule has 106 valence electrons. The molecule has 2 rings (SSSR count). The van der Waals surface area contributed by atoms with E-state index >= 15 is 0 Å². The second kappa shape index (κ2) is 5.71. The number of carbonyl (C=O) groups is 1. The van der Waals surface area contributed by atoms with Gasteiger partial charge < -0.3 is 8.97 Å². The van der Waals surface area contributed by atoms with E-state index in [2.05, 4.69) is 15.9 Å². The fraction of sp³-hybridized carbons (Fsp3) is 0.286. The number of furan rings is 1. The van der Waals surface area contributed by atoms with Crippen molar-refractivity contribution in [2.45, 2.75) is 25.0 Å². The number of rotatable bonds is 5.